The van der Waals surface area contributed by atoms with Gasteiger partial charge in [0.15, 0.2) is 0 Å². The lowest BCUT2D eigenvalue weighted by molar-refractivity contribution is -0.136. The summed E-state index contributed by atoms with van der Waals surface area (Å²) in [6.45, 7) is 2.64. The third-order valence-electron chi connectivity index (χ3n) is 3.52. The highest BCUT2D eigenvalue weighted by Crippen LogP contribution is 2.16. The molecule has 0 spiro atoms. The monoisotopic (exact) mass is 342 g/mol. The van der Waals surface area contributed by atoms with Crippen LogP contribution in [0.4, 0.5) is 5.69 Å². The molecule has 6 heteroatoms. The molecule has 0 aliphatic rings. The van der Waals surface area contributed by atoms with Crippen molar-refractivity contribution >= 4 is 17.5 Å². The number of hydrogen-bond donors (Lipinski definition) is 3. The van der Waals surface area contributed by atoms with Gasteiger partial charge in [-0.05, 0) is 43.2 Å². The van der Waals surface area contributed by atoms with Gasteiger partial charge in [-0.3, -0.25) is 9.59 Å². The quantitative estimate of drug-likeness (QED) is 0.674. The minimum absolute atomic E-state index is 0.200. The Morgan fingerprint density at radius 2 is 1.72 bits per heavy atom. The lowest BCUT2D eigenvalue weighted by atomic mass is 10.1. The Balaban J connectivity index is 1.75. The topological polar surface area (TPSA) is 87.7 Å². The lowest BCUT2D eigenvalue weighted by Crippen LogP contribution is -2.36. The van der Waals surface area contributed by atoms with E-state index in [9.17, 15) is 14.7 Å². The highest BCUT2D eigenvalue weighted by Gasteiger charge is 2.14. The summed E-state index contributed by atoms with van der Waals surface area (Å²) in [5.41, 5.74) is 1.28. The molecule has 2 amide bonds. The highest BCUT2D eigenvalue weighted by molar-refractivity contribution is 6.39. The number of rotatable bonds is 7. The molecule has 2 aromatic carbocycles. The summed E-state index contributed by atoms with van der Waals surface area (Å²) in [6.07, 6.45) is -0.359. The molecule has 0 aliphatic heterocycles. The van der Waals surface area contributed by atoms with E-state index in [-0.39, 0.29) is 6.54 Å². The Hall–Kier alpha value is -2.86. The second-order valence-corrected chi connectivity index (χ2v) is 5.38. The van der Waals surface area contributed by atoms with Gasteiger partial charge in [-0.15, -0.1) is 0 Å². The van der Waals surface area contributed by atoms with Crippen LogP contribution in [0, 0.1) is 0 Å². The molecule has 1 atom stereocenters. The van der Waals surface area contributed by atoms with Crippen molar-refractivity contribution in [3.8, 4) is 5.75 Å². The number of ether oxygens (including phenoxy) is 1. The summed E-state index contributed by atoms with van der Waals surface area (Å²) >= 11 is 0. The van der Waals surface area contributed by atoms with Gasteiger partial charge in [0.25, 0.3) is 0 Å². The van der Waals surface area contributed by atoms with E-state index in [0.29, 0.717) is 24.5 Å². The minimum atomic E-state index is -0.752. The summed E-state index contributed by atoms with van der Waals surface area (Å²) in [5, 5.41) is 15.0. The molecule has 0 unspecified atom stereocenters. The zero-order valence-electron chi connectivity index (χ0n) is 14.1. The third kappa shape index (κ3) is 5.93. The molecule has 0 radical (unpaired) electrons. The molecule has 132 valence electrons. The maximum atomic E-state index is 11.9. The van der Waals surface area contributed by atoms with Gasteiger partial charge in [-0.2, -0.15) is 0 Å². The molecule has 0 saturated carbocycles. The summed E-state index contributed by atoms with van der Waals surface area (Å²) < 4.78 is 5.31. The summed E-state index contributed by atoms with van der Waals surface area (Å²) in [4.78, 5) is 23.7. The average Bonchev–Trinajstić information content (AvgIpc) is 2.64. The number of carbonyl (C=O) groups is 2. The molecular formula is C19H22N2O4. The number of aliphatic hydroxyl groups excluding tert-OH is 1. The first kappa shape index (κ1) is 18.5. The zero-order valence-corrected chi connectivity index (χ0v) is 14.1. The van der Waals surface area contributed by atoms with E-state index in [0.717, 1.165) is 5.56 Å². The number of hydrogen-bond acceptors (Lipinski definition) is 4. The first-order valence-electron chi connectivity index (χ1n) is 8.15. The van der Waals surface area contributed by atoms with Crippen molar-refractivity contribution in [1.29, 1.82) is 0 Å². The van der Waals surface area contributed by atoms with Gasteiger partial charge in [0.1, 0.15) is 5.75 Å². The Morgan fingerprint density at radius 3 is 2.36 bits per heavy atom. The molecule has 2 aromatic rings. The van der Waals surface area contributed by atoms with E-state index in [1.807, 2.05) is 37.3 Å². The molecular weight excluding hydrogens is 320 g/mol. The van der Waals surface area contributed by atoms with Gasteiger partial charge in [0.2, 0.25) is 0 Å². The molecule has 0 aliphatic carbocycles. The van der Waals surface area contributed by atoms with Crippen LogP contribution in [-0.4, -0.2) is 30.1 Å². The van der Waals surface area contributed by atoms with E-state index in [2.05, 4.69) is 10.6 Å². The molecule has 0 heterocycles. The van der Waals surface area contributed by atoms with Gasteiger partial charge < -0.3 is 20.5 Å². The number of benzene rings is 2. The van der Waals surface area contributed by atoms with Gasteiger partial charge in [-0.1, -0.05) is 30.3 Å². The smallest absolute Gasteiger partial charge is 0.313 e. The van der Waals surface area contributed by atoms with Gasteiger partial charge in [0.05, 0.1) is 12.7 Å². The first-order valence-corrected chi connectivity index (χ1v) is 8.15. The first-order chi connectivity index (χ1) is 12.1. The predicted molar refractivity (Wildman–Crippen MR) is 95.3 cm³/mol. The number of amides is 2. The molecule has 3 N–H and O–H groups in total. The summed E-state index contributed by atoms with van der Waals surface area (Å²) in [6, 6.07) is 15.9. The molecule has 2 rings (SSSR count). The van der Waals surface area contributed by atoms with Crippen molar-refractivity contribution in [2.45, 2.75) is 19.4 Å². The van der Waals surface area contributed by atoms with E-state index >= 15 is 0 Å². The Labute approximate surface area is 146 Å². The SMILES string of the molecule is CCOc1ccc(NC(=O)C(=O)NCC[C@H](O)c2ccccc2)cc1. The number of nitrogens with one attached hydrogen (secondary N) is 2. The van der Waals surface area contributed by atoms with Crippen LogP contribution in [0.15, 0.2) is 54.6 Å². The lowest BCUT2D eigenvalue weighted by Gasteiger charge is -2.11. The third-order valence-corrected chi connectivity index (χ3v) is 3.52. The number of anilines is 1. The number of carbonyl (C=O) groups excluding carboxylic acids is 2. The van der Waals surface area contributed by atoms with Crippen LogP contribution in [0.2, 0.25) is 0 Å². The van der Waals surface area contributed by atoms with Crippen molar-refractivity contribution in [3.05, 3.63) is 60.2 Å². The fourth-order valence-corrected chi connectivity index (χ4v) is 2.23. The van der Waals surface area contributed by atoms with Crippen molar-refractivity contribution in [1.82, 2.24) is 5.32 Å². The zero-order chi connectivity index (χ0) is 18.1. The van der Waals surface area contributed by atoms with Crippen LogP contribution in [0.1, 0.15) is 25.0 Å². The highest BCUT2D eigenvalue weighted by atomic mass is 16.5. The average molecular weight is 342 g/mol. The van der Waals surface area contributed by atoms with Gasteiger partial charge >= 0.3 is 11.8 Å². The summed E-state index contributed by atoms with van der Waals surface area (Å²) in [5.74, 6) is -0.799. The largest absolute Gasteiger partial charge is 0.494 e. The number of aliphatic hydroxyl groups is 1. The van der Waals surface area contributed by atoms with E-state index in [4.69, 9.17) is 4.74 Å². The fraction of sp³-hybridized carbons (Fsp3) is 0.263. The van der Waals surface area contributed by atoms with Crippen LogP contribution >= 0.6 is 0 Å². The molecule has 0 aromatic heterocycles. The van der Waals surface area contributed by atoms with E-state index < -0.39 is 17.9 Å². The molecule has 0 bridgehead atoms. The Kier molecular flexibility index (Phi) is 6.98. The van der Waals surface area contributed by atoms with Crippen molar-refractivity contribution < 1.29 is 19.4 Å². The maximum Gasteiger partial charge on any atom is 0.313 e. The van der Waals surface area contributed by atoms with E-state index in [1.54, 1.807) is 24.3 Å². The normalized spacial score (nSPS) is 11.4. The predicted octanol–water partition coefficient (Wildman–Crippen LogP) is 2.26. The van der Waals surface area contributed by atoms with E-state index in [1.165, 1.54) is 0 Å². The maximum absolute atomic E-state index is 11.9. The van der Waals surface area contributed by atoms with Crippen molar-refractivity contribution in [2.75, 3.05) is 18.5 Å². The molecule has 6 nitrogen and oxygen atoms in total. The molecule has 0 saturated heterocycles. The van der Waals surface area contributed by atoms with Crippen LogP contribution in [0.3, 0.4) is 0 Å². The molecule has 0 fully saturated rings. The fourth-order valence-electron chi connectivity index (χ4n) is 2.23. The molecule has 25 heavy (non-hydrogen) atoms. The second-order valence-electron chi connectivity index (χ2n) is 5.38. The van der Waals surface area contributed by atoms with Crippen LogP contribution in [-0.2, 0) is 9.59 Å². The Morgan fingerprint density at radius 1 is 1.04 bits per heavy atom. The van der Waals surface area contributed by atoms with Crippen LogP contribution in [0.25, 0.3) is 0 Å². The van der Waals surface area contributed by atoms with Crippen LogP contribution in [0.5, 0.6) is 5.75 Å². The Bertz CT molecular complexity index is 686. The van der Waals surface area contributed by atoms with Crippen LogP contribution < -0.4 is 15.4 Å². The summed E-state index contributed by atoms with van der Waals surface area (Å²) in [7, 11) is 0. The van der Waals surface area contributed by atoms with Gasteiger partial charge in [-0.25, -0.2) is 0 Å². The standard InChI is InChI=1S/C19H22N2O4/c1-2-25-16-10-8-15(9-11-16)21-19(24)18(23)20-13-12-17(22)14-6-4-3-5-7-14/h3-11,17,22H,2,12-13H2,1H3,(H,20,23)(H,21,24)/t17-/m0/s1. The van der Waals surface area contributed by atoms with Gasteiger partial charge in [0, 0.05) is 12.2 Å². The minimum Gasteiger partial charge on any atom is -0.494 e. The second kappa shape index (κ2) is 9.44. The van der Waals surface area contributed by atoms with Crippen molar-refractivity contribution in [3.63, 3.8) is 0 Å². The van der Waals surface area contributed by atoms with Crippen molar-refractivity contribution in [2.24, 2.45) is 0 Å².